The van der Waals surface area contributed by atoms with E-state index in [0.29, 0.717) is 0 Å². The number of amides is 1. The molecule has 0 bridgehead atoms. The van der Waals surface area contributed by atoms with Crippen molar-refractivity contribution in [3.8, 4) is 11.5 Å². The lowest BCUT2D eigenvalue weighted by molar-refractivity contribution is -0.140. The molecule has 0 spiro atoms. The van der Waals surface area contributed by atoms with Gasteiger partial charge < -0.3 is 20.3 Å². The van der Waals surface area contributed by atoms with Gasteiger partial charge >= 0.3 is 5.97 Å². The molecule has 0 saturated carbocycles. The molecule has 1 unspecified atom stereocenters. The maximum atomic E-state index is 11.9. The lowest BCUT2D eigenvalue weighted by atomic mass is 10.0. The van der Waals surface area contributed by atoms with Gasteiger partial charge in [0.15, 0.2) is 11.5 Å². The Labute approximate surface area is 111 Å². The van der Waals surface area contributed by atoms with Crippen LogP contribution in [0.1, 0.15) is 24.2 Å². The second-order valence-corrected chi connectivity index (χ2v) is 4.42. The molecule has 1 aromatic carbocycles. The van der Waals surface area contributed by atoms with Crippen LogP contribution in [0.3, 0.4) is 0 Å². The maximum Gasteiger partial charge on any atom is 0.326 e. The molecular weight excluding hydrogens is 250 g/mol. The molecule has 3 N–H and O–H groups in total. The SMILES string of the molecule is COc1cc(C(=O)NC(C(=O)O)C(C)C)ccc1O. The zero-order valence-corrected chi connectivity index (χ0v) is 11.0. The van der Waals surface area contributed by atoms with Gasteiger partial charge in [0.05, 0.1) is 7.11 Å². The van der Waals surface area contributed by atoms with Crippen molar-refractivity contribution in [2.24, 2.45) is 5.92 Å². The molecule has 0 aliphatic carbocycles. The van der Waals surface area contributed by atoms with E-state index >= 15 is 0 Å². The Bertz CT molecular complexity index is 484. The lowest BCUT2D eigenvalue weighted by Gasteiger charge is -2.18. The van der Waals surface area contributed by atoms with Crippen LogP contribution in [0.5, 0.6) is 11.5 Å². The number of hydrogen-bond donors (Lipinski definition) is 3. The standard InChI is InChI=1S/C13H17NO5/c1-7(2)11(13(17)18)14-12(16)8-4-5-9(15)10(6-8)19-3/h4-7,11,15H,1-3H3,(H,14,16)(H,17,18). The molecule has 0 aliphatic heterocycles. The number of phenolic OH excluding ortho intramolecular Hbond substituents is 1. The molecule has 6 heteroatoms. The molecule has 0 heterocycles. The summed E-state index contributed by atoms with van der Waals surface area (Å²) >= 11 is 0. The number of nitrogens with one attached hydrogen (secondary N) is 1. The number of carbonyl (C=O) groups excluding carboxylic acids is 1. The van der Waals surface area contributed by atoms with Crippen LogP contribution in [0.15, 0.2) is 18.2 Å². The van der Waals surface area contributed by atoms with Gasteiger partial charge in [-0.3, -0.25) is 4.79 Å². The highest BCUT2D eigenvalue weighted by Gasteiger charge is 2.24. The van der Waals surface area contributed by atoms with Gasteiger partial charge in [-0.25, -0.2) is 4.79 Å². The summed E-state index contributed by atoms with van der Waals surface area (Å²) in [6, 6.07) is 3.10. The van der Waals surface area contributed by atoms with Gasteiger partial charge in [-0.2, -0.15) is 0 Å². The minimum atomic E-state index is -1.09. The third kappa shape index (κ3) is 3.61. The number of carbonyl (C=O) groups is 2. The van der Waals surface area contributed by atoms with Gasteiger partial charge in [0, 0.05) is 5.56 Å². The van der Waals surface area contributed by atoms with E-state index in [0.717, 1.165) is 0 Å². The largest absolute Gasteiger partial charge is 0.504 e. The second kappa shape index (κ2) is 6.08. The molecule has 104 valence electrons. The monoisotopic (exact) mass is 267 g/mol. The summed E-state index contributed by atoms with van der Waals surface area (Å²) in [5.74, 6) is -1.78. The molecule has 6 nitrogen and oxygen atoms in total. The third-order valence-corrected chi connectivity index (χ3v) is 2.66. The average Bonchev–Trinajstić information content (AvgIpc) is 2.35. The van der Waals surface area contributed by atoms with E-state index in [9.17, 15) is 14.7 Å². The summed E-state index contributed by atoms with van der Waals surface area (Å²) in [6.07, 6.45) is 0. The quantitative estimate of drug-likeness (QED) is 0.746. The van der Waals surface area contributed by atoms with Crippen molar-refractivity contribution >= 4 is 11.9 Å². The summed E-state index contributed by atoms with van der Waals surface area (Å²) in [6.45, 7) is 3.41. The highest BCUT2D eigenvalue weighted by Crippen LogP contribution is 2.26. The van der Waals surface area contributed by atoms with E-state index in [-0.39, 0.29) is 23.0 Å². The molecule has 0 fully saturated rings. The number of carboxylic acids is 1. The van der Waals surface area contributed by atoms with Gasteiger partial charge in [-0.15, -0.1) is 0 Å². The van der Waals surface area contributed by atoms with E-state index in [4.69, 9.17) is 9.84 Å². The molecule has 0 saturated heterocycles. The van der Waals surface area contributed by atoms with Crippen molar-refractivity contribution < 1.29 is 24.5 Å². The van der Waals surface area contributed by atoms with Gasteiger partial charge in [0.25, 0.3) is 5.91 Å². The fourth-order valence-corrected chi connectivity index (χ4v) is 1.56. The Hall–Kier alpha value is -2.24. The number of hydrogen-bond acceptors (Lipinski definition) is 4. The number of benzene rings is 1. The van der Waals surface area contributed by atoms with Gasteiger partial charge in [0.1, 0.15) is 6.04 Å². The van der Waals surface area contributed by atoms with Crippen LogP contribution in [0.2, 0.25) is 0 Å². The van der Waals surface area contributed by atoms with E-state index < -0.39 is 17.9 Å². The Kier molecular flexibility index (Phi) is 4.74. The zero-order valence-electron chi connectivity index (χ0n) is 11.0. The number of aromatic hydroxyl groups is 1. The van der Waals surface area contributed by atoms with E-state index in [1.54, 1.807) is 13.8 Å². The van der Waals surface area contributed by atoms with Gasteiger partial charge in [-0.1, -0.05) is 13.8 Å². The number of ether oxygens (including phenoxy) is 1. The van der Waals surface area contributed by atoms with E-state index in [1.165, 1.54) is 25.3 Å². The fourth-order valence-electron chi connectivity index (χ4n) is 1.56. The van der Waals surface area contributed by atoms with Crippen molar-refractivity contribution in [3.05, 3.63) is 23.8 Å². The fraction of sp³-hybridized carbons (Fsp3) is 0.385. The molecule has 0 aromatic heterocycles. The summed E-state index contributed by atoms with van der Waals surface area (Å²) in [5.41, 5.74) is 0.224. The van der Waals surface area contributed by atoms with E-state index in [1.807, 2.05) is 0 Å². The summed E-state index contributed by atoms with van der Waals surface area (Å²) < 4.78 is 4.89. The summed E-state index contributed by atoms with van der Waals surface area (Å²) in [4.78, 5) is 22.9. The Morgan fingerprint density at radius 2 is 1.95 bits per heavy atom. The first-order chi connectivity index (χ1) is 8.86. The van der Waals surface area contributed by atoms with Crippen molar-refractivity contribution in [3.63, 3.8) is 0 Å². The van der Waals surface area contributed by atoms with Crippen LogP contribution in [0, 0.1) is 5.92 Å². The van der Waals surface area contributed by atoms with E-state index in [2.05, 4.69) is 5.32 Å². The smallest absolute Gasteiger partial charge is 0.326 e. The van der Waals surface area contributed by atoms with Crippen LogP contribution in [-0.4, -0.2) is 35.2 Å². The summed E-state index contributed by atoms with van der Waals surface area (Å²) in [7, 11) is 1.37. The van der Waals surface area contributed by atoms with Crippen LogP contribution in [0.4, 0.5) is 0 Å². The minimum Gasteiger partial charge on any atom is -0.504 e. The van der Waals surface area contributed by atoms with Crippen LogP contribution in [-0.2, 0) is 4.79 Å². The maximum absolute atomic E-state index is 11.9. The molecule has 1 atom stereocenters. The number of methoxy groups -OCH3 is 1. The van der Waals surface area contributed by atoms with Crippen molar-refractivity contribution in [2.75, 3.05) is 7.11 Å². The second-order valence-electron chi connectivity index (χ2n) is 4.42. The highest BCUT2D eigenvalue weighted by molar-refractivity contribution is 5.97. The van der Waals surface area contributed by atoms with Crippen LogP contribution in [0.25, 0.3) is 0 Å². The van der Waals surface area contributed by atoms with Crippen LogP contribution >= 0.6 is 0 Å². The predicted octanol–water partition coefficient (Wildman–Crippen LogP) is 1.24. The Morgan fingerprint density at radius 3 is 2.42 bits per heavy atom. The Morgan fingerprint density at radius 1 is 1.32 bits per heavy atom. The zero-order chi connectivity index (χ0) is 14.6. The number of phenols is 1. The number of carboxylic acid groups (broad SMARTS) is 1. The molecule has 0 aliphatic rings. The molecule has 1 amide bonds. The van der Waals surface area contributed by atoms with Crippen molar-refractivity contribution in [2.45, 2.75) is 19.9 Å². The van der Waals surface area contributed by atoms with Gasteiger partial charge in [0.2, 0.25) is 0 Å². The predicted molar refractivity (Wildman–Crippen MR) is 68.4 cm³/mol. The third-order valence-electron chi connectivity index (χ3n) is 2.66. The Balaban J connectivity index is 2.91. The normalized spacial score (nSPS) is 12.0. The van der Waals surface area contributed by atoms with Crippen LogP contribution < -0.4 is 10.1 Å². The lowest BCUT2D eigenvalue weighted by Crippen LogP contribution is -2.44. The molecule has 1 rings (SSSR count). The average molecular weight is 267 g/mol. The first-order valence-corrected chi connectivity index (χ1v) is 5.77. The first kappa shape index (κ1) is 14.8. The van der Waals surface area contributed by atoms with Gasteiger partial charge in [-0.05, 0) is 24.1 Å². The summed E-state index contributed by atoms with van der Waals surface area (Å²) in [5, 5.41) is 20.9. The molecule has 19 heavy (non-hydrogen) atoms. The highest BCUT2D eigenvalue weighted by atomic mass is 16.5. The number of aliphatic carboxylic acids is 1. The molecule has 0 radical (unpaired) electrons. The number of rotatable bonds is 5. The van der Waals surface area contributed by atoms with Crippen molar-refractivity contribution in [1.82, 2.24) is 5.32 Å². The molecular formula is C13H17NO5. The van der Waals surface area contributed by atoms with Crippen molar-refractivity contribution in [1.29, 1.82) is 0 Å². The topological polar surface area (TPSA) is 95.9 Å². The minimum absolute atomic E-state index is 0.0855. The first-order valence-electron chi connectivity index (χ1n) is 5.77. The molecule has 1 aromatic rings.